The Bertz CT molecular complexity index is 267. The number of carbonyl (C=O) groups excluding carboxylic acids is 1. The van der Waals surface area contributed by atoms with Crippen LogP contribution in [0.5, 0.6) is 0 Å². The molecule has 1 fully saturated rings. The van der Waals surface area contributed by atoms with E-state index in [4.69, 9.17) is 0 Å². The molecular weight excluding hydrogens is 228 g/mol. The summed E-state index contributed by atoms with van der Waals surface area (Å²) in [5.41, 5.74) is 0. The molecule has 3 unspecified atom stereocenters. The molecule has 0 bridgehead atoms. The molecule has 4 nitrogen and oxygen atoms in total. The van der Waals surface area contributed by atoms with Crippen LogP contribution in [0.2, 0.25) is 0 Å². The second kappa shape index (κ2) is 7.10. The lowest BCUT2D eigenvalue weighted by Crippen LogP contribution is -2.53. The first kappa shape index (κ1) is 15.4. The topological polar surface area (TPSA) is 52.6 Å². The maximum Gasteiger partial charge on any atom is 0.237 e. The quantitative estimate of drug-likeness (QED) is 0.784. The van der Waals surface area contributed by atoms with Crippen molar-refractivity contribution in [3.05, 3.63) is 0 Å². The molecule has 1 amide bonds. The Hall–Kier alpha value is -0.610. The number of piperidine rings is 1. The van der Waals surface area contributed by atoms with E-state index in [0.29, 0.717) is 6.04 Å². The van der Waals surface area contributed by atoms with Gasteiger partial charge in [0.05, 0.1) is 12.1 Å². The van der Waals surface area contributed by atoms with Crippen LogP contribution in [0.25, 0.3) is 0 Å². The predicted octanol–water partition coefficient (Wildman–Crippen LogP) is 1.52. The van der Waals surface area contributed by atoms with E-state index in [1.54, 1.807) is 0 Å². The molecule has 0 radical (unpaired) electrons. The van der Waals surface area contributed by atoms with Crippen LogP contribution in [-0.4, -0.2) is 46.7 Å². The molecule has 4 heteroatoms. The lowest BCUT2D eigenvalue weighted by Gasteiger charge is -2.40. The summed E-state index contributed by atoms with van der Waals surface area (Å²) in [5.74, 6) is 0.0995. The molecule has 0 spiro atoms. The van der Waals surface area contributed by atoms with Crippen LogP contribution in [0.4, 0.5) is 0 Å². The lowest BCUT2D eigenvalue weighted by molar-refractivity contribution is -0.128. The van der Waals surface area contributed by atoms with E-state index in [1.807, 2.05) is 27.7 Å². The van der Waals surface area contributed by atoms with E-state index in [1.165, 1.54) is 6.42 Å². The molecule has 1 aliphatic rings. The lowest BCUT2D eigenvalue weighted by atomic mass is 9.95. The molecule has 1 saturated heterocycles. The average Bonchev–Trinajstić information content (AvgIpc) is 2.27. The highest BCUT2D eigenvalue weighted by Gasteiger charge is 2.30. The van der Waals surface area contributed by atoms with Gasteiger partial charge in [0.15, 0.2) is 0 Å². The van der Waals surface area contributed by atoms with Crippen molar-refractivity contribution in [3.63, 3.8) is 0 Å². The zero-order valence-electron chi connectivity index (χ0n) is 12.1. The monoisotopic (exact) mass is 256 g/mol. The first-order valence-corrected chi connectivity index (χ1v) is 7.16. The van der Waals surface area contributed by atoms with Gasteiger partial charge in [-0.15, -0.1) is 0 Å². The van der Waals surface area contributed by atoms with Crippen LogP contribution >= 0.6 is 0 Å². The van der Waals surface area contributed by atoms with E-state index in [9.17, 15) is 9.90 Å². The second-order valence-electron chi connectivity index (χ2n) is 5.81. The molecule has 0 aromatic heterocycles. The number of carbonyl (C=O) groups is 1. The number of hydrogen-bond donors (Lipinski definition) is 2. The minimum Gasteiger partial charge on any atom is -0.393 e. The third-order valence-corrected chi connectivity index (χ3v) is 3.59. The van der Waals surface area contributed by atoms with E-state index in [2.05, 4.69) is 10.2 Å². The highest BCUT2D eigenvalue weighted by atomic mass is 16.3. The van der Waals surface area contributed by atoms with Gasteiger partial charge in [-0.2, -0.15) is 0 Å². The summed E-state index contributed by atoms with van der Waals surface area (Å²) in [7, 11) is 0. The SMILES string of the molecule is CC(O)CC1CCCCN1C(C)C(=O)NC(C)C. The normalized spacial score (nSPS) is 24.9. The summed E-state index contributed by atoms with van der Waals surface area (Å²) in [5, 5.41) is 12.5. The smallest absolute Gasteiger partial charge is 0.237 e. The van der Waals surface area contributed by atoms with Crippen molar-refractivity contribution in [1.29, 1.82) is 0 Å². The number of amides is 1. The van der Waals surface area contributed by atoms with Gasteiger partial charge in [-0.05, 0) is 53.5 Å². The third kappa shape index (κ3) is 4.58. The molecule has 0 aromatic rings. The maximum atomic E-state index is 12.1. The maximum absolute atomic E-state index is 12.1. The van der Waals surface area contributed by atoms with Gasteiger partial charge in [-0.1, -0.05) is 6.42 Å². The van der Waals surface area contributed by atoms with E-state index < -0.39 is 0 Å². The highest BCUT2D eigenvalue weighted by Crippen LogP contribution is 2.23. The summed E-state index contributed by atoms with van der Waals surface area (Å²) in [6.07, 6.45) is 3.90. The van der Waals surface area contributed by atoms with Crippen molar-refractivity contribution in [2.24, 2.45) is 0 Å². The summed E-state index contributed by atoms with van der Waals surface area (Å²) >= 11 is 0. The molecule has 0 saturated carbocycles. The first-order chi connectivity index (χ1) is 8.41. The van der Waals surface area contributed by atoms with Crippen molar-refractivity contribution in [2.45, 2.75) is 77.6 Å². The van der Waals surface area contributed by atoms with E-state index in [-0.39, 0.29) is 24.1 Å². The fourth-order valence-corrected chi connectivity index (χ4v) is 2.74. The summed E-state index contributed by atoms with van der Waals surface area (Å²) in [6, 6.07) is 0.420. The van der Waals surface area contributed by atoms with Gasteiger partial charge in [0.2, 0.25) is 5.91 Å². The minimum atomic E-state index is -0.295. The van der Waals surface area contributed by atoms with Gasteiger partial charge in [0.1, 0.15) is 0 Å². The summed E-state index contributed by atoms with van der Waals surface area (Å²) in [4.78, 5) is 14.3. The number of aliphatic hydroxyl groups is 1. The number of rotatable bonds is 5. The van der Waals surface area contributed by atoms with Gasteiger partial charge in [-0.25, -0.2) is 0 Å². The summed E-state index contributed by atoms with van der Waals surface area (Å²) in [6.45, 7) is 8.72. The summed E-state index contributed by atoms with van der Waals surface area (Å²) < 4.78 is 0. The van der Waals surface area contributed by atoms with Gasteiger partial charge in [0.25, 0.3) is 0 Å². The average molecular weight is 256 g/mol. The van der Waals surface area contributed by atoms with E-state index in [0.717, 1.165) is 25.8 Å². The number of nitrogens with zero attached hydrogens (tertiary/aromatic N) is 1. The fourth-order valence-electron chi connectivity index (χ4n) is 2.74. The van der Waals surface area contributed by atoms with Crippen LogP contribution in [-0.2, 0) is 4.79 Å². The van der Waals surface area contributed by atoms with Crippen LogP contribution < -0.4 is 5.32 Å². The van der Waals surface area contributed by atoms with Gasteiger partial charge < -0.3 is 10.4 Å². The van der Waals surface area contributed by atoms with Gasteiger partial charge in [0, 0.05) is 12.1 Å². The standard InChI is InChI=1S/C14H28N2O2/c1-10(2)15-14(18)12(4)16-8-6-5-7-13(16)9-11(3)17/h10-13,17H,5-9H2,1-4H3,(H,15,18). The number of hydrogen-bond acceptors (Lipinski definition) is 3. The molecule has 0 aromatic carbocycles. The first-order valence-electron chi connectivity index (χ1n) is 7.16. The number of nitrogens with one attached hydrogen (secondary N) is 1. The number of aliphatic hydroxyl groups excluding tert-OH is 1. The molecule has 1 heterocycles. The van der Waals surface area contributed by atoms with Crippen molar-refractivity contribution < 1.29 is 9.90 Å². The van der Waals surface area contributed by atoms with Crippen molar-refractivity contribution in [3.8, 4) is 0 Å². The second-order valence-corrected chi connectivity index (χ2v) is 5.81. The molecule has 1 aliphatic heterocycles. The van der Waals surface area contributed by atoms with Crippen LogP contribution in [0, 0.1) is 0 Å². The zero-order chi connectivity index (χ0) is 13.7. The number of likely N-dealkylation sites (tertiary alicyclic amines) is 1. The Morgan fingerprint density at radius 2 is 2.00 bits per heavy atom. The molecule has 2 N–H and O–H groups in total. The molecule has 106 valence electrons. The molecule has 18 heavy (non-hydrogen) atoms. The van der Waals surface area contributed by atoms with Crippen LogP contribution in [0.15, 0.2) is 0 Å². The van der Waals surface area contributed by atoms with Gasteiger partial charge >= 0.3 is 0 Å². The Kier molecular flexibility index (Phi) is 6.09. The molecule has 3 atom stereocenters. The minimum absolute atomic E-state index is 0.0995. The van der Waals surface area contributed by atoms with Crippen molar-refractivity contribution >= 4 is 5.91 Å². The third-order valence-electron chi connectivity index (χ3n) is 3.59. The van der Waals surface area contributed by atoms with Crippen LogP contribution in [0.1, 0.15) is 53.4 Å². The Labute approximate surface area is 111 Å². The molecule has 1 rings (SSSR count). The Morgan fingerprint density at radius 1 is 1.33 bits per heavy atom. The Balaban J connectivity index is 2.61. The van der Waals surface area contributed by atoms with Crippen LogP contribution in [0.3, 0.4) is 0 Å². The van der Waals surface area contributed by atoms with Crippen molar-refractivity contribution in [2.75, 3.05) is 6.54 Å². The Morgan fingerprint density at radius 3 is 2.56 bits per heavy atom. The largest absolute Gasteiger partial charge is 0.393 e. The fraction of sp³-hybridized carbons (Fsp3) is 0.929. The molecular formula is C14H28N2O2. The molecule has 0 aliphatic carbocycles. The van der Waals surface area contributed by atoms with Gasteiger partial charge in [-0.3, -0.25) is 9.69 Å². The predicted molar refractivity (Wildman–Crippen MR) is 73.4 cm³/mol. The van der Waals surface area contributed by atoms with E-state index >= 15 is 0 Å². The highest BCUT2D eigenvalue weighted by molar-refractivity contribution is 5.81. The zero-order valence-corrected chi connectivity index (χ0v) is 12.1. The van der Waals surface area contributed by atoms with Crippen molar-refractivity contribution in [1.82, 2.24) is 10.2 Å².